The van der Waals surface area contributed by atoms with E-state index in [-0.39, 0.29) is 11.4 Å². The molecule has 17 heavy (non-hydrogen) atoms. The van der Waals surface area contributed by atoms with Gasteiger partial charge in [0.15, 0.2) is 0 Å². The first-order valence-electron chi connectivity index (χ1n) is 6.07. The van der Waals surface area contributed by atoms with E-state index in [4.69, 9.17) is 5.73 Å². The van der Waals surface area contributed by atoms with Crippen LogP contribution in [0.1, 0.15) is 32.1 Å². The molecule has 1 saturated carbocycles. The molecule has 1 aromatic heterocycles. The number of aromatic nitrogens is 1. The quantitative estimate of drug-likeness (QED) is 0.864. The van der Waals surface area contributed by atoms with Crippen molar-refractivity contribution in [3.63, 3.8) is 0 Å². The molecule has 4 heteroatoms. The smallest absolute Gasteiger partial charge is 0.229 e. The highest BCUT2D eigenvalue weighted by atomic mass is 16.2. The molecule has 0 spiro atoms. The summed E-state index contributed by atoms with van der Waals surface area (Å²) in [5.74, 6) is 0.729. The van der Waals surface area contributed by atoms with Gasteiger partial charge in [-0.3, -0.25) is 9.69 Å². The monoisotopic (exact) mass is 233 g/mol. The number of carbonyl (C=O) groups excluding carboxylic acids is 1. The molecule has 1 aliphatic rings. The zero-order chi connectivity index (χ0) is 12.3. The van der Waals surface area contributed by atoms with Gasteiger partial charge in [0.25, 0.3) is 0 Å². The van der Waals surface area contributed by atoms with Gasteiger partial charge in [0.2, 0.25) is 5.91 Å². The molecule has 2 N–H and O–H groups in total. The first kappa shape index (κ1) is 12.0. The van der Waals surface area contributed by atoms with Crippen LogP contribution in [0.4, 0.5) is 5.82 Å². The van der Waals surface area contributed by atoms with E-state index in [1.807, 2.05) is 18.2 Å². The zero-order valence-corrected chi connectivity index (χ0v) is 10.2. The summed E-state index contributed by atoms with van der Waals surface area (Å²) in [6.07, 6.45) is 6.28. The molecule has 0 saturated heterocycles. The van der Waals surface area contributed by atoms with Gasteiger partial charge in [0, 0.05) is 25.2 Å². The fourth-order valence-electron chi connectivity index (χ4n) is 2.36. The lowest BCUT2D eigenvalue weighted by Gasteiger charge is -2.25. The molecule has 0 aliphatic heterocycles. The average Bonchev–Trinajstić information content (AvgIpc) is 2.76. The van der Waals surface area contributed by atoms with Crippen LogP contribution in [0, 0.1) is 0 Å². The molecule has 0 atom stereocenters. The molecule has 1 aromatic rings. The number of hydrogen-bond donors (Lipinski definition) is 1. The van der Waals surface area contributed by atoms with Crippen molar-refractivity contribution in [2.75, 3.05) is 11.9 Å². The number of nitrogens with two attached hydrogens (primary N) is 1. The second-order valence-corrected chi connectivity index (χ2v) is 4.89. The van der Waals surface area contributed by atoms with Crippen LogP contribution in [0.2, 0.25) is 0 Å². The largest absolute Gasteiger partial charge is 0.325 e. The molecular formula is C13H19N3O. The van der Waals surface area contributed by atoms with Gasteiger partial charge in [-0.05, 0) is 25.0 Å². The SMILES string of the molecule is CN(C(=O)CC1(N)CCCC1)c1ccccn1. The molecule has 92 valence electrons. The second kappa shape index (κ2) is 4.84. The Kier molecular flexibility index (Phi) is 3.43. The first-order valence-corrected chi connectivity index (χ1v) is 6.07. The third-order valence-corrected chi connectivity index (χ3v) is 3.47. The van der Waals surface area contributed by atoms with E-state index in [1.54, 1.807) is 18.1 Å². The van der Waals surface area contributed by atoms with Crippen molar-refractivity contribution in [2.24, 2.45) is 5.73 Å². The maximum Gasteiger partial charge on any atom is 0.229 e. The number of rotatable bonds is 3. The van der Waals surface area contributed by atoms with Crippen LogP contribution < -0.4 is 10.6 Å². The minimum atomic E-state index is -0.292. The number of anilines is 1. The predicted molar refractivity (Wildman–Crippen MR) is 67.7 cm³/mol. The molecule has 2 rings (SSSR count). The van der Waals surface area contributed by atoms with Crippen molar-refractivity contribution < 1.29 is 4.79 Å². The molecular weight excluding hydrogens is 214 g/mol. The van der Waals surface area contributed by atoms with Crippen molar-refractivity contribution in [3.8, 4) is 0 Å². The van der Waals surface area contributed by atoms with Gasteiger partial charge in [0.1, 0.15) is 5.82 Å². The van der Waals surface area contributed by atoms with Crippen LogP contribution in [-0.2, 0) is 4.79 Å². The molecule has 0 aromatic carbocycles. The fourth-order valence-corrected chi connectivity index (χ4v) is 2.36. The summed E-state index contributed by atoms with van der Waals surface area (Å²) >= 11 is 0. The van der Waals surface area contributed by atoms with Gasteiger partial charge >= 0.3 is 0 Å². The molecule has 1 heterocycles. The molecule has 1 amide bonds. The highest BCUT2D eigenvalue weighted by Gasteiger charge is 2.32. The maximum atomic E-state index is 12.1. The van der Waals surface area contributed by atoms with Crippen molar-refractivity contribution >= 4 is 11.7 Å². The number of hydrogen-bond acceptors (Lipinski definition) is 3. The summed E-state index contributed by atoms with van der Waals surface area (Å²) in [5, 5.41) is 0. The van der Waals surface area contributed by atoms with Crippen LogP contribution in [0.15, 0.2) is 24.4 Å². The Morgan fingerprint density at radius 1 is 1.47 bits per heavy atom. The lowest BCUT2D eigenvalue weighted by molar-refractivity contribution is -0.119. The predicted octanol–water partition coefficient (Wildman–Crippen LogP) is 1.71. The summed E-state index contributed by atoms with van der Waals surface area (Å²) < 4.78 is 0. The van der Waals surface area contributed by atoms with E-state index in [2.05, 4.69) is 4.98 Å². The Hall–Kier alpha value is -1.42. The van der Waals surface area contributed by atoms with Crippen molar-refractivity contribution in [2.45, 2.75) is 37.6 Å². The Morgan fingerprint density at radius 3 is 2.76 bits per heavy atom. The van der Waals surface area contributed by atoms with Gasteiger partial charge in [-0.1, -0.05) is 18.9 Å². The maximum absolute atomic E-state index is 12.1. The lowest BCUT2D eigenvalue weighted by atomic mass is 9.94. The number of nitrogens with zero attached hydrogens (tertiary/aromatic N) is 2. The van der Waals surface area contributed by atoms with Crippen LogP contribution in [0.5, 0.6) is 0 Å². The zero-order valence-electron chi connectivity index (χ0n) is 10.2. The Labute approximate surface area is 102 Å². The molecule has 1 fully saturated rings. The summed E-state index contributed by atoms with van der Waals surface area (Å²) in [7, 11) is 1.75. The third-order valence-electron chi connectivity index (χ3n) is 3.47. The molecule has 0 unspecified atom stereocenters. The molecule has 1 aliphatic carbocycles. The van der Waals surface area contributed by atoms with E-state index in [0.29, 0.717) is 12.2 Å². The summed E-state index contributed by atoms with van der Waals surface area (Å²) in [5.41, 5.74) is 5.92. The van der Waals surface area contributed by atoms with Gasteiger partial charge < -0.3 is 5.73 Å². The highest BCUT2D eigenvalue weighted by molar-refractivity contribution is 5.92. The minimum Gasteiger partial charge on any atom is -0.325 e. The highest BCUT2D eigenvalue weighted by Crippen LogP contribution is 2.30. The number of pyridine rings is 1. The van der Waals surface area contributed by atoms with Crippen LogP contribution in [0.25, 0.3) is 0 Å². The van der Waals surface area contributed by atoms with Gasteiger partial charge in [-0.2, -0.15) is 0 Å². The molecule has 0 bridgehead atoms. The van der Waals surface area contributed by atoms with E-state index >= 15 is 0 Å². The number of amides is 1. The second-order valence-electron chi connectivity index (χ2n) is 4.89. The van der Waals surface area contributed by atoms with E-state index < -0.39 is 0 Å². The van der Waals surface area contributed by atoms with Gasteiger partial charge in [0.05, 0.1) is 0 Å². The van der Waals surface area contributed by atoms with Crippen molar-refractivity contribution in [3.05, 3.63) is 24.4 Å². The molecule has 0 radical (unpaired) electrons. The van der Waals surface area contributed by atoms with Crippen molar-refractivity contribution in [1.29, 1.82) is 0 Å². The third kappa shape index (κ3) is 2.82. The average molecular weight is 233 g/mol. The van der Waals surface area contributed by atoms with Crippen LogP contribution >= 0.6 is 0 Å². The minimum absolute atomic E-state index is 0.0492. The fraction of sp³-hybridized carbons (Fsp3) is 0.538. The lowest BCUT2D eigenvalue weighted by Crippen LogP contribution is -2.42. The van der Waals surface area contributed by atoms with Crippen molar-refractivity contribution in [1.82, 2.24) is 4.98 Å². The summed E-state index contributed by atoms with van der Waals surface area (Å²) in [6, 6.07) is 5.54. The van der Waals surface area contributed by atoms with E-state index in [1.165, 1.54) is 0 Å². The van der Waals surface area contributed by atoms with E-state index in [9.17, 15) is 4.79 Å². The van der Waals surface area contributed by atoms with Crippen LogP contribution in [-0.4, -0.2) is 23.5 Å². The van der Waals surface area contributed by atoms with Gasteiger partial charge in [-0.25, -0.2) is 4.98 Å². The summed E-state index contributed by atoms with van der Waals surface area (Å²) in [4.78, 5) is 17.9. The summed E-state index contributed by atoms with van der Waals surface area (Å²) in [6.45, 7) is 0. The van der Waals surface area contributed by atoms with E-state index in [0.717, 1.165) is 25.7 Å². The number of carbonyl (C=O) groups is 1. The molecule has 4 nitrogen and oxygen atoms in total. The standard InChI is InChI=1S/C13H19N3O/c1-16(11-6-2-5-9-15-11)12(17)10-13(14)7-3-4-8-13/h2,5-6,9H,3-4,7-8,10,14H2,1H3. The van der Waals surface area contributed by atoms with Gasteiger partial charge in [-0.15, -0.1) is 0 Å². The Balaban J connectivity index is 2.01. The first-order chi connectivity index (χ1) is 8.11. The Bertz CT molecular complexity index is 385. The normalized spacial score (nSPS) is 18.0. The topological polar surface area (TPSA) is 59.2 Å². The Morgan fingerprint density at radius 2 is 2.18 bits per heavy atom. The van der Waals surface area contributed by atoms with Crippen LogP contribution in [0.3, 0.4) is 0 Å².